The van der Waals surface area contributed by atoms with Gasteiger partial charge in [0.25, 0.3) is 0 Å². The predicted octanol–water partition coefficient (Wildman–Crippen LogP) is 3.68. The smallest absolute Gasteiger partial charge is 0.338 e. The summed E-state index contributed by atoms with van der Waals surface area (Å²) in [5.41, 5.74) is 0.753. The molecule has 0 aliphatic heterocycles. The molecule has 0 amide bonds. The number of ether oxygens (including phenoxy) is 1. The summed E-state index contributed by atoms with van der Waals surface area (Å²) in [5, 5.41) is 9.35. The van der Waals surface area contributed by atoms with Crippen LogP contribution >= 0.6 is 0 Å². The molecule has 0 aliphatic rings. The Morgan fingerprint density at radius 2 is 1.86 bits per heavy atom. The molecule has 2 rings (SSSR count). The number of aryl methyl sites for hydroxylation is 1. The number of carboxylic acids is 1. The fraction of sp³-hybridized carbons (Fsp3) is 0.176. The van der Waals surface area contributed by atoms with Gasteiger partial charge in [-0.25, -0.2) is 14.0 Å². The van der Waals surface area contributed by atoms with Crippen molar-refractivity contribution in [3.05, 3.63) is 58.9 Å². The van der Waals surface area contributed by atoms with Gasteiger partial charge in [0.05, 0.1) is 17.7 Å². The molecule has 0 saturated heterocycles. The second-order valence-corrected chi connectivity index (χ2v) is 4.74. The molecule has 4 nitrogen and oxygen atoms in total. The minimum Gasteiger partial charge on any atom is -0.478 e. The summed E-state index contributed by atoms with van der Waals surface area (Å²) in [6.45, 7) is 3.55. The Morgan fingerprint density at radius 1 is 1.18 bits per heavy atom. The SMILES string of the molecule is CCOC(=O)c1cccc(C(=O)O)c1-c1cc(C)ccc1F. The third-order valence-electron chi connectivity index (χ3n) is 3.18. The number of benzene rings is 2. The number of esters is 1. The molecule has 0 radical (unpaired) electrons. The van der Waals surface area contributed by atoms with Crippen molar-refractivity contribution in [2.45, 2.75) is 13.8 Å². The zero-order valence-corrected chi connectivity index (χ0v) is 12.2. The number of hydrogen-bond acceptors (Lipinski definition) is 3. The highest BCUT2D eigenvalue weighted by Gasteiger charge is 2.23. The molecular weight excluding hydrogens is 287 g/mol. The summed E-state index contributed by atoms with van der Waals surface area (Å²) in [7, 11) is 0. The number of rotatable bonds is 4. The van der Waals surface area contributed by atoms with Gasteiger partial charge in [-0.15, -0.1) is 0 Å². The average Bonchev–Trinajstić information content (AvgIpc) is 2.49. The van der Waals surface area contributed by atoms with E-state index < -0.39 is 17.8 Å². The lowest BCUT2D eigenvalue weighted by Crippen LogP contribution is -2.11. The van der Waals surface area contributed by atoms with Crippen molar-refractivity contribution >= 4 is 11.9 Å². The molecule has 0 bridgehead atoms. The molecule has 114 valence electrons. The standard InChI is InChI=1S/C17H15FO4/c1-3-22-17(21)12-6-4-5-11(16(19)20)15(12)13-9-10(2)7-8-14(13)18/h4-9H,3H2,1-2H3,(H,19,20). The van der Waals surface area contributed by atoms with Gasteiger partial charge in [-0.2, -0.15) is 0 Å². The maximum Gasteiger partial charge on any atom is 0.338 e. The van der Waals surface area contributed by atoms with E-state index in [4.69, 9.17) is 4.74 Å². The van der Waals surface area contributed by atoms with Crippen LogP contribution in [0, 0.1) is 12.7 Å². The van der Waals surface area contributed by atoms with E-state index in [1.54, 1.807) is 19.9 Å². The fourth-order valence-electron chi connectivity index (χ4n) is 2.23. The van der Waals surface area contributed by atoms with Crippen LogP contribution in [0.1, 0.15) is 33.2 Å². The molecular formula is C17H15FO4. The maximum absolute atomic E-state index is 14.2. The van der Waals surface area contributed by atoms with Crippen LogP contribution in [0.4, 0.5) is 4.39 Å². The normalized spacial score (nSPS) is 10.3. The van der Waals surface area contributed by atoms with E-state index >= 15 is 0 Å². The Bertz CT molecular complexity index is 737. The van der Waals surface area contributed by atoms with Crippen LogP contribution in [0.5, 0.6) is 0 Å². The summed E-state index contributed by atoms with van der Waals surface area (Å²) < 4.78 is 19.1. The molecule has 0 aromatic heterocycles. The van der Waals surface area contributed by atoms with Gasteiger partial charge in [-0.1, -0.05) is 17.7 Å². The first-order chi connectivity index (χ1) is 10.5. The van der Waals surface area contributed by atoms with Crippen LogP contribution in [0.2, 0.25) is 0 Å². The molecule has 2 aromatic carbocycles. The Morgan fingerprint density at radius 3 is 2.50 bits per heavy atom. The highest BCUT2D eigenvalue weighted by Crippen LogP contribution is 2.31. The van der Waals surface area contributed by atoms with E-state index in [0.717, 1.165) is 5.56 Å². The van der Waals surface area contributed by atoms with Crippen molar-refractivity contribution in [3.63, 3.8) is 0 Å². The summed E-state index contributed by atoms with van der Waals surface area (Å²) >= 11 is 0. The first kappa shape index (κ1) is 15.7. The van der Waals surface area contributed by atoms with E-state index in [9.17, 15) is 19.1 Å². The third-order valence-corrected chi connectivity index (χ3v) is 3.18. The number of carboxylic acid groups (broad SMARTS) is 1. The zero-order valence-electron chi connectivity index (χ0n) is 12.2. The predicted molar refractivity (Wildman–Crippen MR) is 79.5 cm³/mol. The molecule has 0 spiro atoms. The van der Waals surface area contributed by atoms with E-state index in [2.05, 4.69) is 0 Å². The lowest BCUT2D eigenvalue weighted by atomic mass is 9.93. The highest BCUT2D eigenvalue weighted by molar-refractivity contribution is 6.05. The Balaban J connectivity index is 2.78. The van der Waals surface area contributed by atoms with E-state index in [1.807, 2.05) is 0 Å². The van der Waals surface area contributed by atoms with Gasteiger partial charge in [0.1, 0.15) is 5.82 Å². The van der Waals surface area contributed by atoms with Crippen LogP contribution in [-0.4, -0.2) is 23.7 Å². The summed E-state index contributed by atoms with van der Waals surface area (Å²) in [5.74, 6) is -2.51. The Hall–Kier alpha value is -2.69. The average molecular weight is 302 g/mol. The molecule has 0 atom stereocenters. The summed E-state index contributed by atoms with van der Waals surface area (Å²) in [6.07, 6.45) is 0. The number of aromatic carboxylic acids is 1. The largest absolute Gasteiger partial charge is 0.478 e. The topological polar surface area (TPSA) is 63.6 Å². The molecule has 1 N–H and O–H groups in total. The van der Waals surface area contributed by atoms with Crippen LogP contribution in [-0.2, 0) is 4.74 Å². The zero-order chi connectivity index (χ0) is 16.3. The van der Waals surface area contributed by atoms with Crippen LogP contribution in [0.25, 0.3) is 11.1 Å². The molecule has 0 aliphatic carbocycles. The van der Waals surface area contributed by atoms with Gasteiger partial charge in [-0.3, -0.25) is 0 Å². The maximum atomic E-state index is 14.2. The lowest BCUT2D eigenvalue weighted by molar-refractivity contribution is 0.0527. The molecule has 0 heterocycles. The first-order valence-corrected chi connectivity index (χ1v) is 6.75. The molecule has 2 aromatic rings. The quantitative estimate of drug-likeness (QED) is 0.875. The van der Waals surface area contributed by atoms with Crippen LogP contribution in [0.3, 0.4) is 0 Å². The molecule has 0 unspecified atom stereocenters. The van der Waals surface area contributed by atoms with Gasteiger partial charge >= 0.3 is 11.9 Å². The van der Waals surface area contributed by atoms with Gasteiger partial charge in [0.2, 0.25) is 0 Å². The molecule has 5 heteroatoms. The van der Waals surface area contributed by atoms with Crippen molar-refractivity contribution in [2.24, 2.45) is 0 Å². The van der Waals surface area contributed by atoms with E-state index in [0.29, 0.717) is 0 Å². The van der Waals surface area contributed by atoms with Gasteiger partial charge < -0.3 is 9.84 Å². The molecule has 0 saturated carbocycles. The monoisotopic (exact) mass is 302 g/mol. The third kappa shape index (κ3) is 2.98. The molecule has 22 heavy (non-hydrogen) atoms. The van der Waals surface area contributed by atoms with E-state index in [1.165, 1.54) is 30.3 Å². The second-order valence-electron chi connectivity index (χ2n) is 4.74. The Labute approximate surface area is 127 Å². The van der Waals surface area contributed by atoms with Crippen molar-refractivity contribution in [3.8, 4) is 11.1 Å². The minimum absolute atomic E-state index is 0.0336. The highest BCUT2D eigenvalue weighted by atomic mass is 19.1. The Kier molecular flexibility index (Phi) is 4.56. The number of halogens is 1. The first-order valence-electron chi connectivity index (χ1n) is 6.75. The van der Waals surface area contributed by atoms with Crippen molar-refractivity contribution in [2.75, 3.05) is 6.61 Å². The summed E-state index contributed by atoms with van der Waals surface area (Å²) in [6, 6.07) is 8.54. The lowest BCUT2D eigenvalue weighted by Gasteiger charge is -2.13. The van der Waals surface area contributed by atoms with Crippen molar-refractivity contribution in [1.29, 1.82) is 0 Å². The summed E-state index contributed by atoms with van der Waals surface area (Å²) in [4.78, 5) is 23.5. The molecule has 0 fully saturated rings. The van der Waals surface area contributed by atoms with E-state index in [-0.39, 0.29) is 28.9 Å². The van der Waals surface area contributed by atoms with Gasteiger partial charge in [0.15, 0.2) is 0 Å². The van der Waals surface area contributed by atoms with Crippen molar-refractivity contribution in [1.82, 2.24) is 0 Å². The number of carbonyl (C=O) groups excluding carboxylic acids is 1. The number of hydrogen-bond donors (Lipinski definition) is 1. The number of carbonyl (C=O) groups is 2. The second kappa shape index (κ2) is 6.39. The van der Waals surface area contributed by atoms with Crippen LogP contribution in [0.15, 0.2) is 36.4 Å². The minimum atomic E-state index is -1.23. The van der Waals surface area contributed by atoms with Crippen LogP contribution < -0.4 is 0 Å². The van der Waals surface area contributed by atoms with Gasteiger partial charge in [0, 0.05) is 11.1 Å². The fourth-order valence-corrected chi connectivity index (χ4v) is 2.23. The van der Waals surface area contributed by atoms with Gasteiger partial charge in [-0.05, 0) is 38.1 Å². The van der Waals surface area contributed by atoms with Crippen molar-refractivity contribution < 1.29 is 23.8 Å².